The zero-order valence-corrected chi connectivity index (χ0v) is 12.2. The van der Waals surface area contributed by atoms with E-state index in [1.54, 1.807) is 0 Å². The highest BCUT2D eigenvalue weighted by Gasteiger charge is 2.13. The molecule has 2 rings (SSSR count). The van der Waals surface area contributed by atoms with Crippen LogP contribution in [0.25, 0.3) is 0 Å². The van der Waals surface area contributed by atoms with Gasteiger partial charge in [-0.25, -0.2) is 0 Å². The van der Waals surface area contributed by atoms with Crippen molar-refractivity contribution in [2.75, 3.05) is 32.8 Å². The van der Waals surface area contributed by atoms with Gasteiger partial charge in [0.1, 0.15) is 11.5 Å². The second-order valence-corrected chi connectivity index (χ2v) is 5.24. The summed E-state index contributed by atoms with van der Waals surface area (Å²) in [5.74, 6) is 2.15. The van der Waals surface area contributed by atoms with Crippen LogP contribution < -0.4 is 5.32 Å². The summed E-state index contributed by atoms with van der Waals surface area (Å²) in [4.78, 5) is 2.41. The van der Waals surface area contributed by atoms with Gasteiger partial charge in [0.05, 0.1) is 19.7 Å². The Labute approximate surface area is 116 Å². The molecule has 0 saturated carbocycles. The van der Waals surface area contributed by atoms with Crippen LogP contribution in [-0.2, 0) is 17.8 Å². The summed E-state index contributed by atoms with van der Waals surface area (Å²) in [5, 5.41) is 3.39. The molecule has 108 valence electrons. The van der Waals surface area contributed by atoms with E-state index >= 15 is 0 Å². The van der Waals surface area contributed by atoms with Crippen molar-refractivity contribution >= 4 is 0 Å². The van der Waals surface area contributed by atoms with E-state index in [2.05, 4.69) is 30.1 Å². The third-order valence-electron chi connectivity index (χ3n) is 3.48. The van der Waals surface area contributed by atoms with Crippen molar-refractivity contribution < 1.29 is 9.15 Å². The average molecular weight is 266 g/mol. The highest BCUT2D eigenvalue weighted by molar-refractivity contribution is 5.20. The Bertz CT molecular complexity index is 368. The molecule has 1 aromatic heterocycles. The molecule has 0 aromatic carbocycles. The maximum absolute atomic E-state index is 5.96. The molecule has 1 N–H and O–H groups in total. The molecule has 0 aliphatic carbocycles. The smallest absolute Gasteiger partial charge is 0.120 e. The van der Waals surface area contributed by atoms with Crippen molar-refractivity contribution in [2.24, 2.45) is 0 Å². The quantitative estimate of drug-likeness (QED) is 0.802. The van der Waals surface area contributed by atoms with Crippen LogP contribution in [0.3, 0.4) is 0 Å². The zero-order chi connectivity index (χ0) is 13.5. The van der Waals surface area contributed by atoms with Gasteiger partial charge in [-0.15, -0.1) is 0 Å². The fraction of sp³-hybridized carbons (Fsp3) is 0.733. The van der Waals surface area contributed by atoms with E-state index in [0.29, 0.717) is 0 Å². The minimum absolute atomic E-state index is 0.836. The highest BCUT2D eigenvalue weighted by Crippen LogP contribution is 2.17. The highest BCUT2D eigenvalue weighted by atomic mass is 16.5. The monoisotopic (exact) mass is 266 g/mol. The molecule has 0 spiro atoms. The number of hydrogen-bond acceptors (Lipinski definition) is 4. The number of hydrogen-bond donors (Lipinski definition) is 1. The molecule has 1 saturated heterocycles. The first-order chi connectivity index (χ1) is 9.29. The van der Waals surface area contributed by atoms with Crippen molar-refractivity contribution in [2.45, 2.75) is 39.8 Å². The Morgan fingerprint density at radius 2 is 2.21 bits per heavy atom. The van der Waals surface area contributed by atoms with Gasteiger partial charge in [0, 0.05) is 19.7 Å². The molecule has 0 amide bonds. The average Bonchev–Trinajstić information content (AvgIpc) is 2.61. The standard InChI is InChI=1S/C15H26N2O2/c1-3-5-16-11-15-13(2)10-14(19-15)12-17-6-4-8-18-9-7-17/h10,16H,3-9,11-12H2,1-2H3. The molecule has 1 aliphatic heterocycles. The summed E-state index contributed by atoms with van der Waals surface area (Å²) >= 11 is 0. The van der Waals surface area contributed by atoms with Crippen LogP contribution >= 0.6 is 0 Å². The molecule has 1 fully saturated rings. The van der Waals surface area contributed by atoms with Crippen molar-refractivity contribution in [1.82, 2.24) is 10.2 Å². The first kappa shape index (κ1) is 14.6. The lowest BCUT2D eigenvalue weighted by atomic mass is 10.2. The summed E-state index contributed by atoms with van der Waals surface area (Å²) in [5.41, 5.74) is 1.25. The number of aryl methyl sites for hydroxylation is 1. The Kier molecular flexibility index (Phi) is 5.89. The largest absolute Gasteiger partial charge is 0.463 e. The Hall–Kier alpha value is -0.840. The van der Waals surface area contributed by atoms with Crippen molar-refractivity contribution in [3.05, 3.63) is 23.2 Å². The lowest BCUT2D eigenvalue weighted by molar-refractivity contribution is 0.139. The fourth-order valence-corrected chi connectivity index (χ4v) is 2.40. The lowest BCUT2D eigenvalue weighted by Crippen LogP contribution is -2.25. The molecule has 0 radical (unpaired) electrons. The second-order valence-electron chi connectivity index (χ2n) is 5.24. The molecule has 19 heavy (non-hydrogen) atoms. The minimum atomic E-state index is 0.836. The first-order valence-corrected chi connectivity index (χ1v) is 7.38. The Morgan fingerprint density at radius 1 is 1.32 bits per heavy atom. The molecular weight excluding hydrogens is 240 g/mol. The normalized spacial score (nSPS) is 17.6. The second kappa shape index (κ2) is 7.68. The third-order valence-corrected chi connectivity index (χ3v) is 3.48. The summed E-state index contributed by atoms with van der Waals surface area (Å²) in [6.07, 6.45) is 2.27. The van der Waals surface area contributed by atoms with Gasteiger partial charge in [-0.3, -0.25) is 4.90 Å². The molecular formula is C15H26N2O2. The molecule has 0 unspecified atom stereocenters. The van der Waals surface area contributed by atoms with Crippen molar-refractivity contribution in [1.29, 1.82) is 0 Å². The van der Waals surface area contributed by atoms with Crippen molar-refractivity contribution in [3.63, 3.8) is 0 Å². The summed E-state index contributed by atoms with van der Waals surface area (Å²) < 4.78 is 11.4. The van der Waals surface area contributed by atoms with E-state index < -0.39 is 0 Å². The van der Waals surface area contributed by atoms with E-state index in [9.17, 15) is 0 Å². The van der Waals surface area contributed by atoms with Crippen LogP contribution in [0.5, 0.6) is 0 Å². The Morgan fingerprint density at radius 3 is 3.05 bits per heavy atom. The third kappa shape index (κ3) is 4.64. The molecule has 4 nitrogen and oxygen atoms in total. The van der Waals surface area contributed by atoms with E-state index in [-0.39, 0.29) is 0 Å². The van der Waals surface area contributed by atoms with Gasteiger partial charge in [-0.05, 0) is 37.9 Å². The number of rotatable bonds is 6. The van der Waals surface area contributed by atoms with Gasteiger partial charge in [-0.2, -0.15) is 0 Å². The van der Waals surface area contributed by atoms with Gasteiger partial charge in [0.2, 0.25) is 0 Å². The van der Waals surface area contributed by atoms with Crippen LogP contribution in [0.2, 0.25) is 0 Å². The van der Waals surface area contributed by atoms with Crippen LogP contribution in [0, 0.1) is 6.92 Å². The summed E-state index contributed by atoms with van der Waals surface area (Å²) in [7, 11) is 0. The van der Waals surface area contributed by atoms with E-state index in [4.69, 9.17) is 9.15 Å². The van der Waals surface area contributed by atoms with Gasteiger partial charge in [0.15, 0.2) is 0 Å². The minimum Gasteiger partial charge on any atom is -0.463 e. The number of furan rings is 1. The molecule has 2 heterocycles. The maximum Gasteiger partial charge on any atom is 0.120 e. The van der Waals surface area contributed by atoms with E-state index in [1.165, 1.54) is 5.56 Å². The fourth-order valence-electron chi connectivity index (χ4n) is 2.40. The SMILES string of the molecule is CCCNCc1oc(CN2CCCOCC2)cc1C. The molecule has 1 aromatic rings. The van der Waals surface area contributed by atoms with E-state index in [0.717, 1.165) is 70.3 Å². The summed E-state index contributed by atoms with van der Waals surface area (Å²) in [6, 6.07) is 2.18. The predicted octanol–water partition coefficient (Wildman–Crippen LogP) is 2.31. The number of nitrogens with one attached hydrogen (secondary N) is 1. The van der Waals surface area contributed by atoms with Crippen LogP contribution in [0.15, 0.2) is 10.5 Å². The summed E-state index contributed by atoms with van der Waals surface area (Å²) in [6.45, 7) is 10.9. The lowest BCUT2D eigenvalue weighted by Gasteiger charge is -2.17. The van der Waals surface area contributed by atoms with Gasteiger partial charge in [-0.1, -0.05) is 6.92 Å². The van der Waals surface area contributed by atoms with Gasteiger partial charge in [0.25, 0.3) is 0 Å². The van der Waals surface area contributed by atoms with E-state index in [1.807, 2.05) is 0 Å². The van der Waals surface area contributed by atoms with Gasteiger partial charge < -0.3 is 14.5 Å². The predicted molar refractivity (Wildman–Crippen MR) is 76.2 cm³/mol. The van der Waals surface area contributed by atoms with Crippen LogP contribution in [0.4, 0.5) is 0 Å². The number of ether oxygens (including phenoxy) is 1. The van der Waals surface area contributed by atoms with Crippen LogP contribution in [-0.4, -0.2) is 37.7 Å². The molecule has 1 aliphatic rings. The molecule has 0 atom stereocenters. The Balaban J connectivity index is 1.87. The first-order valence-electron chi connectivity index (χ1n) is 7.38. The maximum atomic E-state index is 5.96. The topological polar surface area (TPSA) is 37.6 Å². The molecule has 4 heteroatoms. The van der Waals surface area contributed by atoms with Crippen LogP contribution in [0.1, 0.15) is 36.8 Å². The van der Waals surface area contributed by atoms with Crippen molar-refractivity contribution in [3.8, 4) is 0 Å². The number of nitrogens with zero attached hydrogens (tertiary/aromatic N) is 1. The molecule has 0 bridgehead atoms. The van der Waals surface area contributed by atoms with Gasteiger partial charge >= 0.3 is 0 Å². The zero-order valence-electron chi connectivity index (χ0n) is 12.2.